The van der Waals surface area contributed by atoms with Crippen LogP contribution in [0, 0.1) is 6.92 Å². The smallest absolute Gasteiger partial charge is 0.345 e. The van der Waals surface area contributed by atoms with E-state index in [0.717, 1.165) is 18.5 Å². The van der Waals surface area contributed by atoms with Crippen molar-refractivity contribution in [1.29, 1.82) is 0 Å². The van der Waals surface area contributed by atoms with Gasteiger partial charge in [0.05, 0.1) is 5.69 Å². The maximum atomic E-state index is 12.8. The Kier molecular flexibility index (Phi) is 4.27. The van der Waals surface area contributed by atoms with E-state index in [-0.39, 0.29) is 17.5 Å². The summed E-state index contributed by atoms with van der Waals surface area (Å²) in [6.07, 6.45) is 4.00. The highest BCUT2D eigenvalue weighted by molar-refractivity contribution is 5.96. The molecule has 0 saturated carbocycles. The molecule has 1 aliphatic rings. The first kappa shape index (κ1) is 15.5. The molecular formula is C16H20N4O3. The van der Waals surface area contributed by atoms with Crippen molar-refractivity contribution < 1.29 is 9.32 Å². The van der Waals surface area contributed by atoms with E-state index in [1.165, 1.54) is 6.20 Å². The molecule has 1 unspecified atom stereocenters. The number of H-pyrrole nitrogens is 1. The van der Waals surface area contributed by atoms with Crippen LogP contribution in [0.1, 0.15) is 53.2 Å². The summed E-state index contributed by atoms with van der Waals surface area (Å²) >= 11 is 0. The first-order chi connectivity index (χ1) is 11.1. The molecule has 1 N–H and O–H groups in total. The summed E-state index contributed by atoms with van der Waals surface area (Å²) in [6, 6.07) is 1.81. The van der Waals surface area contributed by atoms with Gasteiger partial charge in [-0.1, -0.05) is 12.1 Å². The van der Waals surface area contributed by atoms with Gasteiger partial charge in [0.25, 0.3) is 5.91 Å². The van der Waals surface area contributed by atoms with Crippen LogP contribution in [0.4, 0.5) is 0 Å². The minimum absolute atomic E-state index is 0.0401. The molecule has 0 aromatic carbocycles. The summed E-state index contributed by atoms with van der Waals surface area (Å²) in [5, 5.41) is 3.96. The Morgan fingerprint density at radius 1 is 1.52 bits per heavy atom. The Bertz CT molecular complexity index is 765. The lowest BCUT2D eigenvalue weighted by atomic mass is 9.94. The molecule has 7 heteroatoms. The first-order valence-electron chi connectivity index (χ1n) is 7.89. The lowest BCUT2D eigenvalue weighted by molar-refractivity contribution is 0.0703. The van der Waals surface area contributed by atoms with Crippen molar-refractivity contribution in [3.63, 3.8) is 0 Å². The zero-order chi connectivity index (χ0) is 16.4. The topological polar surface area (TPSA) is 92.1 Å². The molecule has 0 bridgehead atoms. The van der Waals surface area contributed by atoms with E-state index >= 15 is 0 Å². The minimum atomic E-state index is -0.353. The van der Waals surface area contributed by atoms with Crippen molar-refractivity contribution in [2.75, 3.05) is 13.1 Å². The summed E-state index contributed by atoms with van der Waals surface area (Å²) in [7, 11) is 0. The van der Waals surface area contributed by atoms with Crippen molar-refractivity contribution in [2.45, 2.75) is 39.0 Å². The molecule has 0 aliphatic carbocycles. The average molecular weight is 316 g/mol. The second kappa shape index (κ2) is 6.36. The molecule has 1 saturated heterocycles. The van der Waals surface area contributed by atoms with Crippen LogP contribution in [0.2, 0.25) is 0 Å². The molecule has 1 atom stereocenters. The number of hydrogen-bond donors (Lipinski definition) is 1. The standard InChI is InChI=1S/C16H20N4O3/c1-3-12-14(10(2)23-19-12)15(21)20-8-4-5-11(9-20)13-6-7-17-16(22)18-13/h6-7,11H,3-5,8-9H2,1-2H3,(H,17,18,22). The van der Waals surface area contributed by atoms with E-state index in [9.17, 15) is 9.59 Å². The minimum Gasteiger partial charge on any atom is -0.361 e. The third-order valence-electron chi connectivity index (χ3n) is 4.33. The summed E-state index contributed by atoms with van der Waals surface area (Å²) in [6.45, 7) is 5.00. The van der Waals surface area contributed by atoms with Crippen LogP contribution in [0.15, 0.2) is 21.6 Å². The molecule has 0 radical (unpaired) electrons. The molecule has 3 heterocycles. The van der Waals surface area contributed by atoms with Crippen LogP contribution in [0.25, 0.3) is 0 Å². The van der Waals surface area contributed by atoms with Crippen LogP contribution < -0.4 is 5.69 Å². The Balaban J connectivity index is 1.82. The van der Waals surface area contributed by atoms with Crippen molar-refractivity contribution in [1.82, 2.24) is 20.0 Å². The van der Waals surface area contributed by atoms with Crippen LogP contribution in [0.3, 0.4) is 0 Å². The highest BCUT2D eigenvalue weighted by Crippen LogP contribution is 2.27. The summed E-state index contributed by atoms with van der Waals surface area (Å²) in [5.41, 5.74) is 1.76. The number of rotatable bonds is 3. The van der Waals surface area contributed by atoms with Gasteiger partial charge < -0.3 is 14.4 Å². The van der Waals surface area contributed by atoms with Crippen molar-refractivity contribution in [3.05, 3.63) is 45.5 Å². The monoisotopic (exact) mass is 316 g/mol. The number of nitrogens with one attached hydrogen (secondary N) is 1. The number of piperidine rings is 1. The van der Waals surface area contributed by atoms with Gasteiger partial charge in [-0.25, -0.2) is 9.78 Å². The predicted octanol–water partition coefficient (Wildman–Crippen LogP) is 1.65. The van der Waals surface area contributed by atoms with Gasteiger partial charge in [0.2, 0.25) is 0 Å². The first-order valence-corrected chi connectivity index (χ1v) is 7.89. The Morgan fingerprint density at radius 2 is 2.35 bits per heavy atom. The highest BCUT2D eigenvalue weighted by atomic mass is 16.5. The van der Waals surface area contributed by atoms with E-state index in [4.69, 9.17) is 4.52 Å². The molecule has 1 amide bonds. The van der Waals surface area contributed by atoms with Crippen LogP contribution >= 0.6 is 0 Å². The molecule has 0 spiro atoms. The maximum absolute atomic E-state index is 12.8. The number of hydrogen-bond acceptors (Lipinski definition) is 5. The number of nitrogens with zero attached hydrogens (tertiary/aromatic N) is 3. The molecule has 1 fully saturated rings. The van der Waals surface area contributed by atoms with Crippen molar-refractivity contribution >= 4 is 5.91 Å². The van der Waals surface area contributed by atoms with E-state index in [0.29, 0.717) is 36.5 Å². The quantitative estimate of drug-likeness (QED) is 0.929. The molecule has 1 aliphatic heterocycles. The number of aromatic nitrogens is 3. The second-order valence-electron chi connectivity index (χ2n) is 5.83. The van der Waals surface area contributed by atoms with Gasteiger partial charge in [-0.3, -0.25) is 4.79 Å². The lowest BCUT2D eigenvalue weighted by Crippen LogP contribution is -2.40. The summed E-state index contributed by atoms with van der Waals surface area (Å²) in [4.78, 5) is 32.5. The molecule has 122 valence electrons. The lowest BCUT2D eigenvalue weighted by Gasteiger charge is -2.32. The number of aryl methyl sites for hydroxylation is 2. The fraction of sp³-hybridized carbons (Fsp3) is 0.500. The van der Waals surface area contributed by atoms with Gasteiger partial charge in [0.15, 0.2) is 0 Å². The number of carbonyl (C=O) groups excluding carboxylic acids is 1. The molecule has 2 aromatic rings. The normalized spacial score (nSPS) is 18.2. The summed E-state index contributed by atoms with van der Waals surface area (Å²) in [5.74, 6) is 0.640. The Morgan fingerprint density at radius 3 is 3.09 bits per heavy atom. The molecule has 3 rings (SSSR count). The van der Waals surface area contributed by atoms with Crippen molar-refractivity contribution in [3.8, 4) is 0 Å². The molecule has 7 nitrogen and oxygen atoms in total. The number of carbonyl (C=O) groups is 1. The zero-order valence-electron chi connectivity index (χ0n) is 13.3. The number of amides is 1. The Labute approximate surface area is 133 Å². The van der Waals surface area contributed by atoms with Crippen molar-refractivity contribution in [2.24, 2.45) is 0 Å². The van der Waals surface area contributed by atoms with Gasteiger partial charge in [-0.2, -0.15) is 0 Å². The van der Waals surface area contributed by atoms with Gasteiger partial charge >= 0.3 is 5.69 Å². The van der Waals surface area contributed by atoms with Gasteiger partial charge in [0, 0.05) is 30.9 Å². The van der Waals surface area contributed by atoms with E-state index in [2.05, 4.69) is 15.1 Å². The van der Waals surface area contributed by atoms with Crippen LogP contribution in [0.5, 0.6) is 0 Å². The SMILES string of the molecule is CCc1noc(C)c1C(=O)N1CCCC(c2ccnc(=O)[nH]2)C1. The number of likely N-dealkylation sites (tertiary alicyclic amines) is 1. The molecule has 2 aromatic heterocycles. The van der Waals surface area contributed by atoms with E-state index in [1.54, 1.807) is 6.92 Å². The third kappa shape index (κ3) is 3.04. The maximum Gasteiger partial charge on any atom is 0.345 e. The summed E-state index contributed by atoms with van der Waals surface area (Å²) < 4.78 is 5.17. The predicted molar refractivity (Wildman–Crippen MR) is 83.4 cm³/mol. The molecular weight excluding hydrogens is 296 g/mol. The average Bonchev–Trinajstić information content (AvgIpc) is 2.95. The second-order valence-corrected chi connectivity index (χ2v) is 5.83. The van der Waals surface area contributed by atoms with Gasteiger partial charge in [0.1, 0.15) is 11.3 Å². The van der Waals surface area contributed by atoms with E-state index in [1.807, 2.05) is 17.9 Å². The van der Waals surface area contributed by atoms with Gasteiger partial charge in [-0.05, 0) is 32.3 Å². The molecule has 23 heavy (non-hydrogen) atoms. The highest BCUT2D eigenvalue weighted by Gasteiger charge is 2.29. The zero-order valence-corrected chi connectivity index (χ0v) is 13.3. The van der Waals surface area contributed by atoms with Crippen LogP contribution in [-0.4, -0.2) is 39.0 Å². The van der Waals surface area contributed by atoms with E-state index < -0.39 is 0 Å². The fourth-order valence-electron chi connectivity index (χ4n) is 3.13. The Hall–Kier alpha value is -2.44. The number of aromatic amines is 1. The fourth-order valence-corrected chi connectivity index (χ4v) is 3.13. The van der Waals surface area contributed by atoms with Gasteiger partial charge in [-0.15, -0.1) is 0 Å². The van der Waals surface area contributed by atoms with Crippen LogP contribution in [-0.2, 0) is 6.42 Å². The largest absolute Gasteiger partial charge is 0.361 e. The third-order valence-corrected chi connectivity index (χ3v) is 4.33.